The summed E-state index contributed by atoms with van der Waals surface area (Å²) in [7, 11) is 1.65. The molecule has 0 amide bonds. The number of ether oxygens (including phenoxy) is 1. The minimum atomic E-state index is 0.722. The monoisotopic (exact) mass is 234 g/mol. The third-order valence-electron chi connectivity index (χ3n) is 2.12. The fourth-order valence-electron chi connectivity index (χ4n) is 1.36. The van der Waals surface area contributed by atoms with Crippen molar-refractivity contribution >= 4 is 22.5 Å². The molecule has 0 saturated heterocycles. The molecule has 0 bridgehead atoms. The van der Waals surface area contributed by atoms with Gasteiger partial charge >= 0.3 is 0 Å². The second-order valence-electron chi connectivity index (χ2n) is 3.27. The van der Waals surface area contributed by atoms with Crippen LogP contribution in [-0.4, -0.2) is 24.5 Å². The number of nitrogens with zero attached hydrogens (tertiary/aromatic N) is 1. The van der Waals surface area contributed by atoms with Gasteiger partial charge in [0.05, 0.1) is 12.2 Å². The number of para-hydroxylation sites is 1. The van der Waals surface area contributed by atoms with Gasteiger partial charge in [0.15, 0.2) is 5.88 Å². The Bertz CT molecular complexity index is 401. The molecule has 1 aromatic carbocycles. The Morgan fingerprint density at radius 1 is 1.44 bits per heavy atom. The number of rotatable bonds is 4. The standard InChI is InChI=1S/C12H14N2OS/c1-15-11(9-12-13-7-8-16-12)14-10-5-3-2-4-6-10/h2-6,9,14H,7-8H2,1H3. The summed E-state index contributed by atoms with van der Waals surface area (Å²) in [6, 6.07) is 9.94. The van der Waals surface area contributed by atoms with E-state index in [0.717, 1.165) is 28.9 Å². The molecule has 0 unspecified atom stereocenters. The zero-order valence-electron chi connectivity index (χ0n) is 9.14. The molecule has 1 aromatic rings. The highest BCUT2D eigenvalue weighted by molar-refractivity contribution is 8.14. The summed E-state index contributed by atoms with van der Waals surface area (Å²) < 4.78 is 5.27. The van der Waals surface area contributed by atoms with Gasteiger partial charge in [-0.1, -0.05) is 18.2 Å². The maximum atomic E-state index is 5.27. The van der Waals surface area contributed by atoms with Crippen LogP contribution >= 0.6 is 11.8 Å². The average Bonchev–Trinajstić information content (AvgIpc) is 2.82. The van der Waals surface area contributed by atoms with E-state index in [1.165, 1.54) is 0 Å². The van der Waals surface area contributed by atoms with Crippen LogP contribution in [0.15, 0.2) is 47.3 Å². The lowest BCUT2D eigenvalue weighted by atomic mass is 10.3. The van der Waals surface area contributed by atoms with Crippen LogP contribution in [0, 0.1) is 0 Å². The molecular formula is C12H14N2OS. The van der Waals surface area contributed by atoms with E-state index >= 15 is 0 Å². The van der Waals surface area contributed by atoms with Crippen LogP contribution in [0.5, 0.6) is 0 Å². The van der Waals surface area contributed by atoms with Crippen molar-refractivity contribution in [1.82, 2.24) is 0 Å². The van der Waals surface area contributed by atoms with E-state index in [4.69, 9.17) is 4.74 Å². The predicted molar refractivity (Wildman–Crippen MR) is 69.9 cm³/mol. The Kier molecular flexibility index (Phi) is 3.88. The molecule has 4 heteroatoms. The number of hydrogen-bond acceptors (Lipinski definition) is 4. The van der Waals surface area contributed by atoms with Gasteiger partial charge in [-0.15, -0.1) is 11.8 Å². The first-order valence-corrected chi connectivity index (χ1v) is 6.12. The van der Waals surface area contributed by atoms with Crippen LogP contribution in [0.1, 0.15) is 0 Å². The Hall–Kier alpha value is -1.42. The number of thioether (sulfide) groups is 1. The van der Waals surface area contributed by atoms with E-state index in [1.54, 1.807) is 18.9 Å². The Morgan fingerprint density at radius 3 is 2.88 bits per heavy atom. The molecule has 0 radical (unpaired) electrons. The lowest BCUT2D eigenvalue weighted by Crippen LogP contribution is -2.03. The van der Waals surface area contributed by atoms with E-state index in [0.29, 0.717) is 0 Å². The van der Waals surface area contributed by atoms with Crippen LogP contribution in [0.4, 0.5) is 5.69 Å². The first-order valence-electron chi connectivity index (χ1n) is 5.13. The summed E-state index contributed by atoms with van der Waals surface area (Å²) in [6.45, 7) is 0.902. The van der Waals surface area contributed by atoms with Gasteiger partial charge in [-0.3, -0.25) is 4.99 Å². The van der Waals surface area contributed by atoms with Crippen LogP contribution in [0.25, 0.3) is 0 Å². The maximum absolute atomic E-state index is 5.27. The number of anilines is 1. The molecule has 0 fully saturated rings. The number of aliphatic imine (C=N–C) groups is 1. The van der Waals surface area contributed by atoms with Gasteiger partial charge in [-0.25, -0.2) is 0 Å². The van der Waals surface area contributed by atoms with E-state index < -0.39 is 0 Å². The van der Waals surface area contributed by atoms with Gasteiger partial charge in [0.2, 0.25) is 0 Å². The quantitative estimate of drug-likeness (QED) is 0.813. The molecule has 1 N–H and O–H groups in total. The van der Waals surface area contributed by atoms with E-state index in [-0.39, 0.29) is 0 Å². The molecule has 1 heterocycles. The minimum absolute atomic E-state index is 0.722. The number of nitrogens with one attached hydrogen (secondary N) is 1. The number of benzene rings is 1. The SMILES string of the molecule is COC(=CC1=NCCS1)Nc1ccccc1. The van der Waals surface area contributed by atoms with Crippen LogP contribution in [0.2, 0.25) is 0 Å². The highest BCUT2D eigenvalue weighted by atomic mass is 32.2. The Balaban J connectivity index is 2.05. The summed E-state index contributed by atoms with van der Waals surface area (Å²) in [5.74, 6) is 1.79. The van der Waals surface area contributed by atoms with E-state index in [2.05, 4.69) is 10.3 Å². The van der Waals surface area contributed by atoms with Gasteiger partial charge in [0, 0.05) is 24.1 Å². The predicted octanol–water partition coefficient (Wildman–Crippen LogP) is 2.73. The van der Waals surface area contributed by atoms with Crippen molar-refractivity contribution in [3.05, 3.63) is 42.3 Å². The third kappa shape index (κ3) is 3.03. The summed E-state index contributed by atoms with van der Waals surface area (Å²) in [5, 5.41) is 4.23. The first kappa shape index (κ1) is 11.1. The Labute approximate surface area is 99.6 Å². The zero-order valence-corrected chi connectivity index (χ0v) is 9.96. The van der Waals surface area contributed by atoms with Crippen molar-refractivity contribution in [2.45, 2.75) is 0 Å². The van der Waals surface area contributed by atoms with Crippen molar-refractivity contribution < 1.29 is 4.74 Å². The average molecular weight is 234 g/mol. The normalized spacial score (nSPS) is 15.8. The minimum Gasteiger partial charge on any atom is -0.482 e. The fraction of sp³-hybridized carbons (Fsp3) is 0.250. The van der Waals surface area contributed by atoms with Crippen molar-refractivity contribution in [3.8, 4) is 0 Å². The van der Waals surface area contributed by atoms with Gasteiger partial charge in [0.25, 0.3) is 0 Å². The van der Waals surface area contributed by atoms with Crippen molar-refractivity contribution in [2.75, 3.05) is 24.7 Å². The van der Waals surface area contributed by atoms with Gasteiger partial charge in [0.1, 0.15) is 0 Å². The molecule has 3 nitrogen and oxygen atoms in total. The number of methoxy groups -OCH3 is 1. The van der Waals surface area contributed by atoms with E-state index in [1.807, 2.05) is 36.4 Å². The second-order valence-corrected chi connectivity index (χ2v) is 4.39. The molecule has 0 atom stereocenters. The van der Waals surface area contributed by atoms with Gasteiger partial charge < -0.3 is 10.1 Å². The van der Waals surface area contributed by atoms with Crippen LogP contribution in [0.3, 0.4) is 0 Å². The molecule has 84 valence electrons. The fourth-order valence-corrected chi connectivity index (χ4v) is 2.13. The van der Waals surface area contributed by atoms with Crippen LogP contribution in [-0.2, 0) is 4.74 Å². The lowest BCUT2D eigenvalue weighted by Gasteiger charge is -2.09. The molecular weight excluding hydrogens is 220 g/mol. The second kappa shape index (κ2) is 5.61. The summed E-state index contributed by atoms with van der Waals surface area (Å²) in [6.07, 6.45) is 1.94. The highest BCUT2D eigenvalue weighted by Gasteiger charge is 2.06. The molecule has 0 aliphatic carbocycles. The van der Waals surface area contributed by atoms with Crippen molar-refractivity contribution in [3.63, 3.8) is 0 Å². The van der Waals surface area contributed by atoms with Crippen LogP contribution < -0.4 is 5.32 Å². The van der Waals surface area contributed by atoms with E-state index in [9.17, 15) is 0 Å². The Morgan fingerprint density at radius 2 is 2.25 bits per heavy atom. The summed E-state index contributed by atoms with van der Waals surface area (Å²) in [5.41, 5.74) is 1.01. The zero-order chi connectivity index (χ0) is 11.2. The number of hydrogen-bond donors (Lipinski definition) is 1. The first-order chi connectivity index (χ1) is 7.88. The lowest BCUT2D eigenvalue weighted by molar-refractivity contribution is 0.298. The molecule has 16 heavy (non-hydrogen) atoms. The van der Waals surface area contributed by atoms with Crippen molar-refractivity contribution in [2.24, 2.45) is 4.99 Å². The smallest absolute Gasteiger partial charge is 0.193 e. The summed E-state index contributed by atoms with van der Waals surface area (Å²) in [4.78, 5) is 4.35. The highest BCUT2D eigenvalue weighted by Crippen LogP contribution is 2.16. The molecule has 1 aliphatic heterocycles. The van der Waals surface area contributed by atoms with Gasteiger partial charge in [-0.05, 0) is 12.1 Å². The molecule has 2 rings (SSSR count). The topological polar surface area (TPSA) is 33.6 Å². The summed E-state index contributed by atoms with van der Waals surface area (Å²) >= 11 is 1.75. The molecule has 1 aliphatic rings. The molecule has 0 aromatic heterocycles. The molecule has 0 spiro atoms. The molecule has 0 saturated carbocycles. The van der Waals surface area contributed by atoms with Gasteiger partial charge in [-0.2, -0.15) is 0 Å². The third-order valence-corrected chi connectivity index (χ3v) is 3.05. The maximum Gasteiger partial charge on any atom is 0.193 e. The largest absolute Gasteiger partial charge is 0.482 e. The van der Waals surface area contributed by atoms with Crippen molar-refractivity contribution in [1.29, 1.82) is 0 Å².